The quantitative estimate of drug-likeness (QED) is 0.901. The van der Waals surface area contributed by atoms with E-state index in [0.29, 0.717) is 24.1 Å². The Morgan fingerprint density at radius 3 is 3.13 bits per heavy atom. The van der Waals surface area contributed by atoms with Crippen molar-refractivity contribution in [2.45, 2.75) is 25.9 Å². The number of anilines is 2. The van der Waals surface area contributed by atoms with Crippen LogP contribution < -0.4 is 20.1 Å². The number of rotatable bonds is 5. The Morgan fingerprint density at radius 2 is 2.30 bits per heavy atom. The number of nitrogens with two attached hydrogens (primary N) is 1. The van der Waals surface area contributed by atoms with Crippen LogP contribution in [0, 0.1) is 0 Å². The van der Waals surface area contributed by atoms with E-state index in [4.69, 9.17) is 15.2 Å². The predicted octanol–water partition coefficient (Wildman–Crippen LogP) is 1.90. The molecule has 0 radical (unpaired) electrons. The molecule has 7 nitrogen and oxygen atoms in total. The standard InChI is InChI=1S/C16H21N5O2/c1-2-22-13-6-3-7-19-16(13)23-12-5-4-8-21(11-12)15-10-18-9-14(17)20-15/h3,6-7,9-10,12H,2,4-5,8,11H2,1H3,(H2,17,20). The van der Waals surface area contributed by atoms with Crippen molar-refractivity contribution in [1.29, 1.82) is 0 Å². The number of piperidine rings is 1. The molecule has 1 fully saturated rings. The molecule has 23 heavy (non-hydrogen) atoms. The smallest absolute Gasteiger partial charge is 0.257 e. The lowest BCUT2D eigenvalue weighted by molar-refractivity contribution is 0.162. The molecule has 2 aromatic rings. The molecule has 0 bridgehead atoms. The van der Waals surface area contributed by atoms with Crippen LogP contribution in [-0.2, 0) is 0 Å². The first-order valence-electron chi connectivity index (χ1n) is 7.83. The van der Waals surface area contributed by atoms with E-state index in [9.17, 15) is 0 Å². The average Bonchev–Trinajstić information content (AvgIpc) is 2.57. The van der Waals surface area contributed by atoms with Crippen LogP contribution in [0.25, 0.3) is 0 Å². The first-order valence-corrected chi connectivity index (χ1v) is 7.83. The maximum atomic E-state index is 6.06. The molecule has 0 spiro atoms. The van der Waals surface area contributed by atoms with Crippen molar-refractivity contribution < 1.29 is 9.47 Å². The van der Waals surface area contributed by atoms with Crippen LogP contribution in [0.4, 0.5) is 11.6 Å². The first kappa shape index (κ1) is 15.3. The second-order valence-corrected chi connectivity index (χ2v) is 5.37. The largest absolute Gasteiger partial charge is 0.488 e. The summed E-state index contributed by atoms with van der Waals surface area (Å²) >= 11 is 0. The molecule has 0 saturated carbocycles. The van der Waals surface area contributed by atoms with Gasteiger partial charge < -0.3 is 20.1 Å². The highest BCUT2D eigenvalue weighted by Gasteiger charge is 2.24. The summed E-state index contributed by atoms with van der Waals surface area (Å²) in [6, 6.07) is 3.71. The van der Waals surface area contributed by atoms with E-state index in [-0.39, 0.29) is 6.10 Å². The van der Waals surface area contributed by atoms with Gasteiger partial charge in [-0.25, -0.2) is 9.97 Å². The zero-order chi connectivity index (χ0) is 16.1. The minimum Gasteiger partial charge on any atom is -0.488 e. The Kier molecular flexibility index (Phi) is 4.75. The lowest BCUT2D eigenvalue weighted by atomic mass is 10.1. The highest BCUT2D eigenvalue weighted by Crippen LogP contribution is 2.27. The monoisotopic (exact) mass is 315 g/mol. The van der Waals surface area contributed by atoms with Crippen LogP contribution >= 0.6 is 0 Å². The Balaban J connectivity index is 1.70. The third kappa shape index (κ3) is 3.80. The molecule has 0 amide bonds. The number of hydrogen-bond acceptors (Lipinski definition) is 7. The normalized spacial score (nSPS) is 17.8. The van der Waals surface area contributed by atoms with E-state index in [1.807, 2.05) is 19.1 Å². The van der Waals surface area contributed by atoms with Gasteiger partial charge in [-0.15, -0.1) is 0 Å². The van der Waals surface area contributed by atoms with E-state index in [1.54, 1.807) is 18.6 Å². The van der Waals surface area contributed by atoms with Crippen molar-refractivity contribution in [3.63, 3.8) is 0 Å². The maximum absolute atomic E-state index is 6.06. The van der Waals surface area contributed by atoms with Gasteiger partial charge in [0.05, 0.1) is 25.5 Å². The molecule has 7 heteroatoms. The van der Waals surface area contributed by atoms with Gasteiger partial charge in [-0.3, -0.25) is 4.98 Å². The van der Waals surface area contributed by atoms with E-state index >= 15 is 0 Å². The number of nitrogen functional groups attached to an aromatic ring is 1. The van der Waals surface area contributed by atoms with Crippen molar-refractivity contribution >= 4 is 11.6 Å². The minimum absolute atomic E-state index is 0.0288. The molecule has 1 saturated heterocycles. The highest BCUT2D eigenvalue weighted by atomic mass is 16.5. The lowest BCUT2D eigenvalue weighted by Crippen LogP contribution is -2.41. The number of ether oxygens (including phenoxy) is 2. The van der Waals surface area contributed by atoms with Crippen LogP contribution in [0.1, 0.15) is 19.8 Å². The second-order valence-electron chi connectivity index (χ2n) is 5.37. The van der Waals surface area contributed by atoms with Gasteiger partial charge in [0.25, 0.3) is 5.88 Å². The van der Waals surface area contributed by atoms with Crippen molar-refractivity contribution in [2.24, 2.45) is 0 Å². The number of aromatic nitrogens is 3. The van der Waals surface area contributed by atoms with Gasteiger partial charge in [0, 0.05) is 12.7 Å². The number of hydrogen-bond donors (Lipinski definition) is 1. The van der Waals surface area contributed by atoms with Gasteiger partial charge >= 0.3 is 0 Å². The maximum Gasteiger partial charge on any atom is 0.257 e. The molecule has 0 aromatic carbocycles. The van der Waals surface area contributed by atoms with Gasteiger partial charge in [0.1, 0.15) is 17.7 Å². The van der Waals surface area contributed by atoms with Gasteiger partial charge in [0.15, 0.2) is 5.75 Å². The summed E-state index contributed by atoms with van der Waals surface area (Å²) < 4.78 is 11.6. The van der Waals surface area contributed by atoms with E-state index in [2.05, 4.69) is 19.9 Å². The SMILES string of the molecule is CCOc1cccnc1OC1CCCN(c2cncc(N)n2)C1. The van der Waals surface area contributed by atoms with Gasteiger partial charge in [-0.05, 0) is 31.9 Å². The molecule has 3 rings (SSSR count). The number of nitrogens with zero attached hydrogens (tertiary/aromatic N) is 4. The van der Waals surface area contributed by atoms with E-state index in [1.165, 1.54) is 0 Å². The molecule has 1 atom stereocenters. The number of pyridine rings is 1. The third-order valence-corrected chi connectivity index (χ3v) is 3.66. The summed E-state index contributed by atoms with van der Waals surface area (Å²) in [5, 5.41) is 0. The first-order chi connectivity index (χ1) is 11.3. The van der Waals surface area contributed by atoms with E-state index in [0.717, 1.165) is 31.7 Å². The van der Waals surface area contributed by atoms with Crippen LogP contribution in [0.2, 0.25) is 0 Å². The summed E-state index contributed by atoms with van der Waals surface area (Å²) in [6.07, 6.45) is 6.99. The summed E-state index contributed by atoms with van der Waals surface area (Å²) in [7, 11) is 0. The second kappa shape index (κ2) is 7.13. The van der Waals surface area contributed by atoms with Crippen LogP contribution in [0.3, 0.4) is 0 Å². The Morgan fingerprint density at radius 1 is 1.39 bits per heavy atom. The van der Waals surface area contributed by atoms with Crippen molar-refractivity contribution in [3.8, 4) is 11.6 Å². The third-order valence-electron chi connectivity index (χ3n) is 3.66. The van der Waals surface area contributed by atoms with Crippen molar-refractivity contribution in [3.05, 3.63) is 30.7 Å². The van der Waals surface area contributed by atoms with Crippen molar-refractivity contribution in [1.82, 2.24) is 15.0 Å². The Bertz CT molecular complexity index is 652. The zero-order valence-electron chi connectivity index (χ0n) is 13.2. The fourth-order valence-electron chi connectivity index (χ4n) is 2.65. The molecular weight excluding hydrogens is 294 g/mol. The zero-order valence-corrected chi connectivity index (χ0v) is 13.2. The fraction of sp³-hybridized carbons (Fsp3) is 0.438. The molecule has 2 aromatic heterocycles. The molecule has 1 aliphatic rings. The minimum atomic E-state index is 0.0288. The summed E-state index contributed by atoms with van der Waals surface area (Å²) in [5.41, 5.74) is 5.72. The Labute approximate surface area is 135 Å². The Hall–Kier alpha value is -2.57. The predicted molar refractivity (Wildman–Crippen MR) is 87.7 cm³/mol. The van der Waals surface area contributed by atoms with Crippen molar-refractivity contribution in [2.75, 3.05) is 30.3 Å². The van der Waals surface area contributed by atoms with E-state index < -0.39 is 0 Å². The molecule has 3 heterocycles. The fourth-order valence-corrected chi connectivity index (χ4v) is 2.65. The molecule has 122 valence electrons. The summed E-state index contributed by atoms with van der Waals surface area (Å²) in [4.78, 5) is 14.9. The van der Waals surface area contributed by atoms with Crippen LogP contribution in [0.5, 0.6) is 11.6 Å². The highest BCUT2D eigenvalue weighted by molar-refractivity contribution is 5.42. The van der Waals surface area contributed by atoms with Gasteiger partial charge in [-0.2, -0.15) is 0 Å². The van der Waals surface area contributed by atoms with Crippen LogP contribution in [0.15, 0.2) is 30.7 Å². The molecule has 2 N–H and O–H groups in total. The van der Waals surface area contributed by atoms with Gasteiger partial charge in [0.2, 0.25) is 0 Å². The lowest BCUT2D eigenvalue weighted by Gasteiger charge is -2.33. The molecule has 1 unspecified atom stereocenters. The molecule has 1 aliphatic heterocycles. The molecular formula is C16H21N5O2. The summed E-state index contributed by atoms with van der Waals surface area (Å²) in [6.45, 7) is 4.16. The topological polar surface area (TPSA) is 86.4 Å². The van der Waals surface area contributed by atoms with Crippen LogP contribution in [-0.4, -0.2) is 40.8 Å². The average molecular weight is 315 g/mol. The summed E-state index contributed by atoms with van der Waals surface area (Å²) in [5.74, 6) is 2.42. The molecule has 0 aliphatic carbocycles. The van der Waals surface area contributed by atoms with Gasteiger partial charge in [-0.1, -0.05) is 0 Å².